The molecule has 2 aromatic carbocycles. The number of aromatic nitrogens is 1. The third kappa shape index (κ3) is 2.65. The Morgan fingerprint density at radius 2 is 1.90 bits per heavy atom. The number of aromatic amines is 1. The number of anilines is 1. The van der Waals surface area contributed by atoms with E-state index in [9.17, 15) is 4.79 Å². The average molecular weight is 299 g/mol. The number of benzene rings is 2. The molecule has 0 fully saturated rings. The Bertz CT molecular complexity index is 836. The largest absolute Gasteiger partial charge is 0.360 e. The van der Waals surface area contributed by atoms with Crippen LogP contribution >= 0.6 is 11.6 Å². The van der Waals surface area contributed by atoms with Gasteiger partial charge in [-0.05, 0) is 55.3 Å². The van der Waals surface area contributed by atoms with Crippen LogP contribution in [0.3, 0.4) is 0 Å². The van der Waals surface area contributed by atoms with E-state index < -0.39 is 0 Å². The highest BCUT2D eigenvalue weighted by atomic mass is 35.5. The molecule has 0 aliphatic heterocycles. The Morgan fingerprint density at radius 3 is 2.67 bits per heavy atom. The summed E-state index contributed by atoms with van der Waals surface area (Å²) < 4.78 is 0. The number of carbonyl (C=O) groups is 1. The van der Waals surface area contributed by atoms with Gasteiger partial charge in [-0.25, -0.2) is 0 Å². The van der Waals surface area contributed by atoms with Gasteiger partial charge in [0.05, 0.1) is 5.56 Å². The number of rotatable bonds is 2. The van der Waals surface area contributed by atoms with Crippen LogP contribution in [0, 0.1) is 13.8 Å². The van der Waals surface area contributed by atoms with E-state index in [1.54, 1.807) is 18.3 Å². The fourth-order valence-electron chi connectivity index (χ4n) is 2.30. The van der Waals surface area contributed by atoms with Gasteiger partial charge in [-0.1, -0.05) is 17.7 Å². The first-order chi connectivity index (χ1) is 10.0. The van der Waals surface area contributed by atoms with Crippen molar-refractivity contribution in [3.8, 4) is 0 Å². The van der Waals surface area contributed by atoms with Crippen molar-refractivity contribution in [3.05, 3.63) is 64.3 Å². The Labute approximate surface area is 127 Å². The molecule has 2 N–H and O–H groups in total. The second-order valence-corrected chi connectivity index (χ2v) is 5.58. The minimum atomic E-state index is -0.147. The second kappa shape index (κ2) is 5.26. The van der Waals surface area contributed by atoms with Crippen LogP contribution in [0.15, 0.2) is 42.6 Å². The van der Waals surface area contributed by atoms with Gasteiger partial charge in [0.25, 0.3) is 5.91 Å². The molecule has 0 saturated carbocycles. The van der Waals surface area contributed by atoms with Gasteiger partial charge in [-0.3, -0.25) is 4.79 Å². The van der Waals surface area contributed by atoms with E-state index in [4.69, 9.17) is 11.6 Å². The monoisotopic (exact) mass is 298 g/mol. The first-order valence-electron chi connectivity index (χ1n) is 6.70. The Hall–Kier alpha value is -2.26. The summed E-state index contributed by atoms with van der Waals surface area (Å²) in [7, 11) is 0. The molecule has 106 valence electrons. The molecule has 0 radical (unpaired) electrons. The van der Waals surface area contributed by atoms with Crippen LogP contribution in [0.4, 0.5) is 5.69 Å². The van der Waals surface area contributed by atoms with Gasteiger partial charge >= 0.3 is 0 Å². The van der Waals surface area contributed by atoms with Crippen molar-refractivity contribution < 1.29 is 4.79 Å². The number of halogens is 1. The van der Waals surface area contributed by atoms with Crippen LogP contribution in [-0.4, -0.2) is 10.9 Å². The van der Waals surface area contributed by atoms with E-state index >= 15 is 0 Å². The van der Waals surface area contributed by atoms with Gasteiger partial charge < -0.3 is 10.3 Å². The molecular weight excluding hydrogens is 284 g/mol. The molecule has 3 nitrogen and oxygen atoms in total. The molecule has 3 rings (SSSR count). The van der Waals surface area contributed by atoms with Gasteiger partial charge in [-0.15, -0.1) is 0 Å². The van der Waals surface area contributed by atoms with E-state index in [1.807, 2.05) is 38.1 Å². The lowest BCUT2D eigenvalue weighted by atomic mass is 10.1. The normalized spacial score (nSPS) is 10.8. The topological polar surface area (TPSA) is 44.9 Å². The number of amides is 1. The minimum absolute atomic E-state index is 0.147. The van der Waals surface area contributed by atoms with Crippen LogP contribution in [-0.2, 0) is 0 Å². The van der Waals surface area contributed by atoms with Crippen molar-refractivity contribution in [2.75, 3.05) is 5.32 Å². The molecule has 4 heteroatoms. The Morgan fingerprint density at radius 1 is 1.10 bits per heavy atom. The average Bonchev–Trinajstić information content (AvgIpc) is 2.86. The van der Waals surface area contributed by atoms with Crippen LogP contribution in [0.5, 0.6) is 0 Å². The number of carbonyl (C=O) groups excluding carboxylic acids is 1. The van der Waals surface area contributed by atoms with E-state index in [1.165, 1.54) is 5.56 Å². The molecule has 1 aromatic heterocycles. The summed E-state index contributed by atoms with van der Waals surface area (Å²) in [6, 6.07) is 11.3. The second-order valence-electron chi connectivity index (χ2n) is 5.15. The third-order valence-electron chi connectivity index (χ3n) is 3.65. The lowest BCUT2D eigenvalue weighted by Gasteiger charge is -2.07. The van der Waals surface area contributed by atoms with Gasteiger partial charge in [0.2, 0.25) is 0 Å². The summed E-state index contributed by atoms with van der Waals surface area (Å²) >= 11 is 6.01. The van der Waals surface area contributed by atoms with Gasteiger partial charge in [0.15, 0.2) is 0 Å². The maximum absolute atomic E-state index is 12.4. The smallest absolute Gasteiger partial charge is 0.257 e. The van der Waals surface area contributed by atoms with Crippen LogP contribution in [0.2, 0.25) is 5.02 Å². The van der Waals surface area contributed by atoms with E-state index in [-0.39, 0.29) is 5.91 Å². The highest BCUT2D eigenvalue weighted by Crippen LogP contribution is 2.23. The zero-order valence-electron chi connectivity index (χ0n) is 11.8. The van der Waals surface area contributed by atoms with Crippen LogP contribution < -0.4 is 5.32 Å². The summed E-state index contributed by atoms with van der Waals surface area (Å²) in [5, 5.41) is 4.36. The van der Waals surface area contributed by atoms with Crippen LogP contribution in [0.1, 0.15) is 21.5 Å². The fraction of sp³-hybridized carbons (Fsp3) is 0.118. The maximum Gasteiger partial charge on any atom is 0.257 e. The Balaban J connectivity index is 1.93. The lowest BCUT2D eigenvalue weighted by Crippen LogP contribution is -2.11. The summed E-state index contributed by atoms with van der Waals surface area (Å²) in [5.41, 5.74) is 4.62. The highest BCUT2D eigenvalue weighted by molar-refractivity contribution is 6.31. The Kier molecular flexibility index (Phi) is 3.43. The molecule has 21 heavy (non-hydrogen) atoms. The van der Waals surface area contributed by atoms with E-state index in [0.29, 0.717) is 10.6 Å². The first kappa shape index (κ1) is 13.7. The van der Waals surface area contributed by atoms with Crippen LogP contribution in [0.25, 0.3) is 10.9 Å². The molecule has 1 amide bonds. The number of hydrogen-bond donors (Lipinski definition) is 2. The molecule has 0 atom stereocenters. The highest BCUT2D eigenvalue weighted by Gasteiger charge is 2.12. The molecule has 0 saturated heterocycles. The van der Waals surface area contributed by atoms with E-state index in [2.05, 4.69) is 10.3 Å². The fourth-order valence-corrected chi connectivity index (χ4v) is 2.47. The molecule has 0 spiro atoms. The number of aryl methyl sites for hydroxylation is 2. The van der Waals surface area contributed by atoms with Crippen molar-refractivity contribution in [2.45, 2.75) is 13.8 Å². The van der Waals surface area contributed by atoms with Gasteiger partial charge in [0.1, 0.15) is 0 Å². The standard InChI is InChI=1S/C17H15ClN2O/c1-10-3-5-13(7-11(10)2)20-17(21)15-9-19-16-6-4-12(18)8-14(15)16/h3-9,19H,1-2H3,(H,20,21). The van der Waals surface area contributed by atoms with Gasteiger partial charge in [-0.2, -0.15) is 0 Å². The zero-order chi connectivity index (χ0) is 15.0. The third-order valence-corrected chi connectivity index (χ3v) is 3.89. The molecule has 0 aliphatic carbocycles. The SMILES string of the molecule is Cc1ccc(NC(=O)c2c[nH]c3ccc(Cl)cc23)cc1C. The molecular formula is C17H15ClN2O. The van der Waals surface area contributed by atoms with Crippen molar-refractivity contribution in [2.24, 2.45) is 0 Å². The molecule has 0 unspecified atom stereocenters. The molecule has 0 aliphatic rings. The van der Waals surface area contributed by atoms with Crippen molar-refractivity contribution >= 4 is 34.1 Å². The minimum Gasteiger partial charge on any atom is -0.360 e. The summed E-state index contributed by atoms with van der Waals surface area (Å²) in [6.45, 7) is 4.07. The van der Waals surface area contributed by atoms with Crippen molar-refractivity contribution in [3.63, 3.8) is 0 Å². The van der Waals surface area contributed by atoms with Crippen molar-refractivity contribution in [1.29, 1.82) is 0 Å². The number of nitrogens with one attached hydrogen (secondary N) is 2. The van der Waals surface area contributed by atoms with Crippen molar-refractivity contribution in [1.82, 2.24) is 4.98 Å². The molecule has 3 aromatic rings. The predicted octanol–water partition coefficient (Wildman–Crippen LogP) is 4.69. The predicted molar refractivity (Wildman–Crippen MR) is 87.2 cm³/mol. The summed E-state index contributed by atoms with van der Waals surface area (Å²) in [5.74, 6) is -0.147. The van der Waals surface area contributed by atoms with Gasteiger partial charge in [0, 0.05) is 27.8 Å². The maximum atomic E-state index is 12.4. The summed E-state index contributed by atoms with van der Waals surface area (Å²) in [6.07, 6.45) is 1.71. The van der Waals surface area contributed by atoms with E-state index in [0.717, 1.165) is 22.2 Å². The zero-order valence-corrected chi connectivity index (χ0v) is 12.6. The summed E-state index contributed by atoms with van der Waals surface area (Å²) in [4.78, 5) is 15.5. The first-order valence-corrected chi connectivity index (χ1v) is 7.07. The number of fused-ring (bicyclic) bond motifs is 1. The molecule has 0 bridgehead atoms. The number of H-pyrrole nitrogens is 1. The number of hydrogen-bond acceptors (Lipinski definition) is 1. The molecule has 1 heterocycles. The lowest BCUT2D eigenvalue weighted by molar-refractivity contribution is 0.102. The quantitative estimate of drug-likeness (QED) is 0.708.